The first-order valence-corrected chi connectivity index (χ1v) is 8.48. The second kappa shape index (κ2) is 9.43. The molecule has 1 amide bonds. The molecule has 6 nitrogen and oxygen atoms in total. The van der Waals surface area contributed by atoms with Crippen molar-refractivity contribution in [2.24, 2.45) is 0 Å². The Hall–Kier alpha value is -3.28. The molecule has 2 aromatic carbocycles. The predicted molar refractivity (Wildman–Crippen MR) is 104 cm³/mol. The van der Waals surface area contributed by atoms with Gasteiger partial charge >= 0.3 is 5.97 Å². The van der Waals surface area contributed by atoms with E-state index in [4.69, 9.17) is 14.2 Å². The van der Waals surface area contributed by atoms with Crippen molar-refractivity contribution >= 4 is 23.6 Å². The van der Waals surface area contributed by atoms with Gasteiger partial charge in [0.25, 0.3) is 0 Å². The highest BCUT2D eigenvalue weighted by Crippen LogP contribution is 2.28. The molecule has 0 bridgehead atoms. The third-order valence-corrected chi connectivity index (χ3v) is 3.91. The van der Waals surface area contributed by atoms with Crippen LogP contribution in [0.3, 0.4) is 0 Å². The SMILES string of the molecule is CCOc1cc(/C=C/C(=O)Nc2cccc(C(=O)OC)c2C)ccc1OC. The van der Waals surface area contributed by atoms with E-state index in [1.165, 1.54) is 13.2 Å². The average molecular weight is 369 g/mol. The Balaban J connectivity index is 2.14. The van der Waals surface area contributed by atoms with E-state index in [0.717, 1.165) is 5.56 Å². The minimum atomic E-state index is -0.444. The number of rotatable bonds is 7. The zero-order valence-electron chi connectivity index (χ0n) is 15.9. The molecular weight excluding hydrogens is 346 g/mol. The third-order valence-electron chi connectivity index (χ3n) is 3.91. The van der Waals surface area contributed by atoms with E-state index in [9.17, 15) is 9.59 Å². The van der Waals surface area contributed by atoms with Crippen LogP contribution in [-0.2, 0) is 9.53 Å². The molecule has 0 heterocycles. The largest absolute Gasteiger partial charge is 0.493 e. The zero-order chi connectivity index (χ0) is 19.8. The van der Waals surface area contributed by atoms with Gasteiger partial charge in [-0.15, -0.1) is 0 Å². The summed E-state index contributed by atoms with van der Waals surface area (Å²) in [4.78, 5) is 24.0. The Morgan fingerprint density at radius 3 is 2.56 bits per heavy atom. The maximum atomic E-state index is 12.3. The maximum Gasteiger partial charge on any atom is 0.338 e. The Morgan fingerprint density at radius 1 is 1.11 bits per heavy atom. The summed E-state index contributed by atoms with van der Waals surface area (Å²) in [6, 6.07) is 10.5. The van der Waals surface area contributed by atoms with Crippen LogP contribution in [0.15, 0.2) is 42.5 Å². The third kappa shape index (κ3) is 5.10. The van der Waals surface area contributed by atoms with Crippen LogP contribution in [0.1, 0.15) is 28.4 Å². The Kier molecular flexibility index (Phi) is 7.00. The van der Waals surface area contributed by atoms with E-state index >= 15 is 0 Å². The molecular formula is C21H23NO5. The van der Waals surface area contributed by atoms with Crippen LogP contribution in [0, 0.1) is 6.92 Å². The quantitative estimate of drug-likeness (QED) is 0.593. The number of amides is 1. The van der Waals surface area contributed by atoms with Crippen LogP contribution >= 0.6 is 0 Å². The number of benzene rings is 2. The van der Waals surface area contributed by atoms with Gasteiger partial charge in [-0.1, -0.05) is 12.1 Å². The van der Waals surface area contributed by atoms with E-state index in [2.05, 4.69) is 5.32 Å². The summed E-state index contributed by atoms with van der Waals surface area (Å²) >= 11 is 0. The number of ether oxygens (including phenoxy) is 3. The second-order valence-corrected chi connectivity index (χ2v) is 5.64. The lowest BCUT2D eigenvalue weighted by Crippen LogP contribution is -2.11. The van der Waals surface area contributed by atoms with Crippen molar-refractivity contribution in [1.29, 1.82) is 0 Å². The van der Waals surface area contributed by atoms with Crippen molar-refractivity contribution in [2.75, 3.05) is 26.1 Å². The average Bonchev–Trinajstić information content (AvgIpc) is 2.68. The molecule has 0 spiro atoms. The molecule has 1 N–H and O–H groups in total. The van der Waals surface area contributed by atoms with Gasteiger partial charge in [-0.25, -0.2) is 4.79 Å². The van der Waals surface area contributed by atoms with Gasteiger partial charge in [0.15, 0.2) is 11.5 Å². The van der Waals surface area contributed by atoms with Gasteiger partial charge in [-0.3, -0.25) is 4.79 Å². The summed E-state index contributed by atoms with van der Waals surface area (Å²) in [5.74, 6) is 0.493. The summed E-state index contributed by atoms with van der Waals surface area (Å²) in [6.07, 6.45) is 3.10. The summed E-state index contributed by atoms with van der Waals surface area (Å²) in [5.41, 5.74) is 2.41. The van der Waals surface area contributed by atoms with Crippen molar-refractivity contribution < 1.29 is 23.8 Å². The fourth-order valence-electron chi connectivity index (χ4n) is 2.51. The molecule has 0 fully saturated rings. The van der Waals surface area contributed by atoms with Crippen LogP contribution in [-0.4, -0.2) is 32.7 Å². The molecule has 6 heteroatoms. The molecule has 0 atom stereocenters. The van der Waals surface area contributed by atoms with Gasteiger partial charge in [0.05, 0.1) is 26.4 Å². The highest BCUT2D eigenvalue weighted by molar-refractivity contribution is 6.03. The lowest BCUT2D eigenvalue weighted by atomic mass is 10.1. The monoisotopic (exact) mass is 369 g/mol. The molecule has 0 unspecified atom stereocenters. The van der Waals surface area contributed by atoms with Crippen molar-refractivity contribution in [3.63, 3.8) is 0 Å². The first-order valence-electron chi connectivity index (χ1n) is 8.48. The zero-order valence-corrected chi connectivity index (χ0v) is 15.9. The minimum Gasteiger partial charge on any atom is -0.493 e. The van der Waals surface area contributed by atoms with Crippen LogP contribution in [0.2, 0.25) is 0 Å². The maximum absolute atomic E-state index is 12.3. The number of carbonyl (C=O) groups excluding carboxylic acids is 2. The molecule has 0 aromatic heterocycles. The Morgan fingerprint density at radius 2 is 1.89 bits per heavy atom. The van der Waals surface area contributed by atoms with Gasteiger partial charge in [0, 0.05) is 11.8 Å². The van der Waals surface area contributed by atoms with E-state index in [0.29, 0.717) is 34.9 Å². The molecule has 2 aromatic rings. The van der Waals surface area contributed by atoms with Gasteiger partial charge < -0.3 is 19.5 Å². The van der Waals surface area contributed by atoms with Crippen molar-refractivity contribution in [3.8, 4) is 11.5 Å². The fraction of sp³-hybridized carbons (Fsp3) is 0.238. The molecule has 0 aliphatic rings. The molecule has 27 heavy (non-hydrogen) atoms. The van der Waals surface area contributed by atoms with E-state index in [-0.39, 0.29) is 5.91 Å². The molecule has 0 saturated carbocycles. The Labute approximate surface area is 158 Å². The lowest BCUT2D eigenvalue weighted by Gasteiger charge is -2.10. The number of hydrogen-bond acceptors (Lipinski definition) is 5. The number of nitrogens with one attached hydrogen (secondary N) is 1. The lowest BCUT2D eigenvalue weighted by molar-refractivity contribution is -0.111. The fourth-order valence-corrected chi connectivity index (χ4v) is 2.51. The van der Waals surface area contributed by atoms with Crippen molar-refractivity contribution in [2.45, 2.75) is 13.8 Å². The van der Waals surface area contributed by atoms with E-state index < -0.39 is 5.97 Å². The molecule has 142 valence electrons. The second-order valence-electron chi connectivity index (χ2n) is 5.64. The number of anilines is 1. The summed E-state index contributed by atoms with van der Waals surface area (Å²) in [5, 5.41) is 2.77. The highest BCUT2D eigenvalue weighted by Gasteiger charge is 2.12. The van der Waals surface area contributed by atoms with Crippen LogP contribution in [0.4, 0.5) is 5.69 Å². The summed E-state index contributed by atoms with van der Waals surface area (Å²) in [6.45, 7) is 4.16. The first kappa shape index (κ1) is 20.0. The normalized spacial score (nSPS) is 10.5. The van der Waals surface area contributed by atoms with Crippen molar-refractivity contribution in [1.82, 2.24) is 0 Å². The van der Waals surface area contributed by atoms with Crippen molar-refractivity contribution in [3.05, 3.63) is 59.2 Å². The summed E-state index contributed by atoms with van der Waals surface area (Å²) in [7, 11) is 2.90. The molecule has 0 saturated heterocycles. The molecule has 0 aliphatic heterocycles. The van der Waals surface area contributed by atoms with Gasteiger partial charge in [-0.2, -0.15) is 0 Å². The number of methoxy groups -OCH3 is 2. The first-order chi connectivity index (χ1) is 13.0. The smallest absolute Gasteiger partial charge is 0.338 e. The number of hydrogen-bond donors (Lipinski definition) is 1. The van der Waals surface area contributed by atoms with Crippen LogP contribution < -0.4 is 14.8 Å². The highest BCUT2D eigenvalue weighted by atomic mass is 16.5. The number of esters is 1. The predicted octanol–water partition coefficient (Wildman–Crippen LogP) is 3.84. The topological polar surface area (TPSA) is 73.9 Å². The minimum absolute atomic E-state index is 0.311. The van der Waals surface area contributed by atoms with Crippen LogP contribution in [0.25, 0.3) is 6.08 Å². The molecule has 0 aliphatic carbocycles. The van der Waals surface area contributed by atoms with Crippen LogP contribution in [0.5, 0.6) is 11.5 Å². The molecule has 2 rings (SSSR count). The number of carbonyl (C=O) groups is 2. The Bertz CT molecular complexity index is 858. The van der Waals surface area contributed by atoms with E-state index in [1.807, 2.05) is 13.0 Å². The van der Waals surface area contributed by atoms with Gasteiger partial charge in [0.2, 0.25) is 5.91 Å². The van der Waals surface area contributed by atoms with E-state index in [1.54, 1.807) is 50.4 Å². The molecule has 0 radical (unpaired) electrons. The summed E-state index contributed by atoms with van der Waals surface area (Å²) < 4.78 is 15.5. The standard InChI is InChI=1S/C21H23NO5/c1-5-27-19-13-15(9-11-18(19)25-3)10-12-20(23)22-17-8-6-7-16(14(17)2)21(24)26-4/h6-13H,5H2,1-4H3,(H,22,23)/b12-10+. The van der Waals surface area contributed by atoms with Gasteiger partial charge in [-0.05, 0) is 55.3 Å². The van der Waals surface area contributed by atoms with Gasteiger partial charge in [0.1, 0.15) is 0 Å².